The molecule has 1 heterocycles. The van der Waals surface area contributed by atoms with Crippen molar-refractivity contribution >= 4 is 0 Å². The Morgan fingerprint density at radius 1 is 1.50 bits per heavy atom. The second kappa shape index (κ2) is 4.14. The molecule has 0 aromatic carbocycles. The molecule has 0 radical (unpaired) electrons. The van der Waals surface area contributed by atoms with E-state index in [9.17, 15) is 8.78 Å². The second-order valence-electron chi connectivity index (χ2n) is 3.23. The number of alkyl halides is 2. The van der Waals surface area contributed by atoms with E-state index in [2.05, 4.69) is 0 Å². The number of likely N-dealkylation sites (tertiary alicyclic amines) is 1. The lowest BCUT2D eigenvalue weighted by molar-refractivity contribution is -0.0673. The summed E-state index contributed by atoms with van der Waals surface area (Å²) in [5, 5.41) is 0. The fourth-order valence-corrected chi connectivity index (χ4v) is 1.46. The van der Waals surface area contributed by atoms with E-state index in [-0.39, 0.29) is 13.0 Å². The van der Waals surface area contributed by atoms with Gasteiger partial charge in [0.05, 0.1) is 13.2 Å². The Morgan fingerprint density at radius 2 is 2.25 bits per heavy atom. The van der Waals surface area contributed by atoms with E-state index in [0.29, 0.717) is 19.6 Å². The van der Waals surface area contributed by atoms with Crippen molar-refractivity contribution in [2.45, 2.75) is 18.8 Å². The van der Waals surface area contributed by atoms with Crippen molar-refractivity contribution in [1.29, 1.82) is 0 Å². The van der Waals surface area contributed by atoms with Crippen LogP contribution in [0.4, 0.5) is 8.78 Å². The Bertz CT molecular complexity index is 141. The first-order valence-corrected chi connectivity index (χ1v) is 4.23. The molecule has 0 bridgehead atoms. The van der Waals surface area contributed by atoms with Gasteiger partial charge in [0.2, 0.25) is 0 Å². The average Bonchev–Trinajstić information content (AvgIpc) is 1.99. The van der Waals surface area contributed by atoms with Crippen molar-refractivity contribution in [3.63, 3.8) is 0 Å². The average molecular weight is 179 g/mol. The van der Waals surface area contributed by atoms with Gasteiger partial charge in [0.25, 0.3) is 5.92 Å². The van der Waals surface area contributed by atoms with Crippen LogP contribution in [0.15, 0.2) is 0 Å². The minimum atomic E-state index is -2.48. The molecule has 0 aliphatic carbocycles. The zero-order valence-electron chi connectivity index (χ0n) is 7.35. The van der Waals surface area contributed by atoms with Crippen LogP contribution < -0.4 is 0 Å². The van der Waals surface area contributed by atoms with Crippen molar-refractivity contribution < 1.29 is 13.5 Å². The maximum Gasteiger partial charge on any atom is 0.260 e. The predicted molar refractivity (Wildman–Crippen MR) is 42.5 cm³/mol. The molecule has 0 unspecified atom stereocenters. The highest BCUT2D eigenvalue weighted by atomic mass is 19.3. The summed E-state index contributed by atoms with van der Waals surface area (Å²) < 4.78 is 30.4. The van der Waals surface area contributed by atoms with Crippen LogP contribution in [-0.2, 0) is 4.74 Å². The standard InChI is InChI=1S/C8H15F2NO/c1-12-6-5-11-4-2-3-8(9,10)7-11/h2-7H2,1H3. The van der Waals surface area contributed by atoms with Crippen molar-refractivity contribution in [2.75, 3.05) is 33.4 Å². The zero-order valence-corrected chi connectivity index (χ0v) is 7.35. The van der Waals surface area contributed by atoms with E-state index in [1.807, 2.05) is 0 Å². The lowest BCUT2D eigenvalue weighted by Crippen LogP contribution is -2.43. The normalized spacial score (nSPS) is 24.2. The molecule has 12 heavy (non-hydrogen) atoms. The Kier molecular flexibility index (Phi) is 3.40. The summed E-state index contributed by atoms with van der Waals surface area (Å²) >= 11 is 0. The summed E-state index contributed by atoms with van der Waals surface area (Å²) in [5.41, 5.74) is 0. The van der Waals surface area contributed by atoms with Gasteiger partial charge in [-0.05, 0) is 13.0 Å². The first kappa shape index (κ1) is 9.86. The number of halogens is 2. The maximum absolute atomic E-state index is 12.8. The summed E-state index contributed by atoms with van der Waals surface area (Å²) in [6, 6.07) is 0. The summed E-state index contributed by atoms with van der Waals surface area (Å²) in [6.45, 7) is 1.83. The van der Waals surface area contributed by atoms with E-state index in [1.165, 1.54) is 0 Å². The highest BCUT2D eigenvalue weighted by molar-refractivity contribution is 4.78. The lowest BCUT2D eigenvalue weighted by Gasteiger charge is -2.31. The first-order chi connectivity index (χ1) is 5.64. The Morgan fingerprint density at radius 3 is 2.83 bits per heavy atom. The molecule has 0 saturated carbocycles. The molecule has 2 nitrogen and oxygen atoms in total. The van der Waals surface area contributed by atoms with Gasteiger partial charge in [-0.3, -0.25) is 4.90 Å². The molecule has 0 aromatic rings. The molecular weight excluding hydrogens is 164 g/mol. The number of nitrogens with zero attached hydrogens (tertiary/aromatic N) is 1. The molecule has 1 rings (SSSR count). The second-order valence-corrected chi connectivity index (χ2v) is 3.23. The Balaban J connectivity index is 2.26. The monoisotopic (exact) mass is 179 g/mol. The number of hydrogen-bond acceptors (Lipinski definition) is 2. The maximum atomic E-state index is 12.8. The summed E-state index contributed by atoms with van der Waals surface area (Å²) in [6.07, 6.45) is 0.632. The van der Waals surface area contributed by atoms with Crippen LogP contribution in [0.1, 0.15) is 12.8 Å². The van der Waals surface area contributed by atoms with Gasteiger partial charge in [-0.1, -0.05) is 0 Å². The molecule has 4 heteroatoms. The molecule has 1 aliphatic rings. The number of hydrogen-bond donors (Lipinski definition) is 0. The van der Waals surface area contributed by atoms with Crippen LogP contribution in [0, 0.1) is 0 Å². The van der Waals surface area contributed by atoms with Gasteiger partial charge in [-0.25, -0.2) is 8.78 Å². The summed E-state index contributed by atoms with van der Waals surface area (Å²) in [5.74, 6) is -2.48. The van der Waals surface area contributed by atoms with Gasteiger partial charge in [0.1, 0.15) is 0 Å². The van der Waals surface area contributed by atoms with Gasteiger partial charge in [-0.15, -0.1) is 0 Å². The largest absolute Gasteiger partial charge is 0.383 e. The molecule has 1 aliphatic heterocycles. The van der Waals surface area contributed by atoms with Gasteiger partial charge in [0.15, 0.2) is 0 Å². The van der Waals surface area contributed by atoms with Crippen LogP contribution >= 0.6 is 0 Å². The van der Waals surface area contributed by atoms with Gasteiger partial charge >= 0.3 is 0 Å². The van der Waals surface area contributed by atoms with E-state index >= 15 is 0 Å². The van der Waals surface area contributed by atoms with Crippen LogP contribution in [0.2, 0.25) is 0 Å². The molecule has 0 N–H and O–H groups in total. The molecule has 0 atom stereocenters. The minimum absolute atomic E-state index is 0.0382. The number of methoxy groups -OCH3 is 1. The van der Waals surface area contributed by atoms with E-state index in [4.69, 9.17) is 4.74 Å². The van der Waals surface area contributed by atoms with E-state index < -0.39 is 5.92 Å². The quantitative estimate of drug-likeness (QED) is 0.648. The van der Waals surface area contributed by atoms with Gasteiger partial charge in [0, 0.05) is 20.1 Å². The van der Waals surface area contributed by atoms with Gasteiger partial charge < -0.3 is 4.74 Å². The van der Waals surface area contributed by atoms with E-state index in [0.717, 1.165) is 6.54 Å². The Hall–Kier alpha value is -0.220. The van der Waals surface area contributed by atoms with Crippen molar-refractivity contribution in [1.82, 2.24) is 4.90 Å². The Labute approximate surface area is 71.5 Å². The lowest BCUT2D eigenvalue weighted by atomic mass is 10.1. The highest BCUT2D eigenvalue weighted by Crippen LogP contribution is 2.25. The number of rotatable bonds is 3. The topological polar surface area (TPSA) is 12.5 Å². The third-order valence-electron chi connectivity index (χ3n) is 2.08. The molecule has 0 amide bonds. The van der Waals surface area contributed by atoms with Crippen LogP contribution in [-0.4, -0.2) is 44.2 Å². The fraction of sp³-hybridized carbons (Fsp3) is 1.00. The van der Waals surface area contributed by atoms with Crippen LogP contribution in [0.5, 0.6) is 0 Å². The zero-order chi connectivity index (χ0) is 9.03. The van der Waals surface area contributed by atoms with Crippen molar-refractivity contribution in [3.05, 3.63) is 0 Å². The highest BCUT2D eigenvalue weighted by Gasteiger charge is 2.34. The molecule has 0 spiro atoms. The summed E-state index contributed by atoms with van der Waals surface area (Å²) in [7, 11) is 1.59. The predicted octanol–water partition coefficient (Wildman–Crippen LogP) is 1.36. The van der Waals surface area contributed by atoms with Crippen LogP contribution in [0.25, 0.3) is 0 Å². The molecule has 1 saturated heterocycles. The number of piperidine rings is 1. The minimum Gasteiger partial charge on any atom is -0.383 e. The SMILES string of the molecule is COCCN1CCCC(F)(F)C1. The van der Waals surface area contributed by atoms with Crippen LogP contribution in [0.3, 0.4) is 0 Å². The van der Waals surface area contributed by atoms with E-state index in [1.54, 1.807) is 12.0 Å². The molecule has 0 aromatic heterocycles. The smallest absolute Gasteiger partial charge is 0.260 e. The number of ether oxygens (including phenoxy) is 1. The first-order valence-electron chi connectivity index (χ1n) is 4.23. The fourth-order valence-electron chi connectivity index (χ4n) is 1.46. The van der Waals surface area contributed by atoms with Gasteiger partial charge in [-0.2, -0.15) is 0 Å². The van der Waals surface area contributed by atoms with Crippen molar-refractivity contribution in [3.8, 4) is 0 Å². The van der Waals surface area contributed by atoms with Crippen molar-refractivity contribution in [2.24, 2.45) is 0 Å². The molecule has 1 fully saturated rings. The molecular formula is C8H15F2NO. The third kappa shape index (κ3) is 3.03. The molecule has 72 valence electrons. The summed E-state index contributed by atoms with van der Waals surface area (Å²) in [4.78, 5) is 1.76. The third-order valence-corrected chi connectivity index (χ3v) is 2.08.